The summed E-state index contributed by atoms with van der Waals surface area (Å²) in [7, 11) is 0. The van der Waals surface area contributed by atoms with Crippen LogP contribution in [0.5, 0.6) is 0 Å². The second-order valence-corrected chi connectivity index (χ2v) is 5.33. The van der Waals surface area contributed by atoms with Crippen molar-refractivity contribution in [2.24, 2.45) is 17.4 Å². The normalized spacial score (nSPS) is 11.3. The third-order valence-corrected chi connectivity index (χ3v) is 3.17. The van der Waals surface area contributed by atoms with Crippen LogP contribution in [0.1, 0.15) is 29.8 Å². The third kappa shape index (κ3) is 7.12. The van der Waals surface area contributed by atoms with Gasteiger partial charge >= 0.3 is 0 Å². The number of carbonyl (C=O) groups excluding carboxylic acids is 3. The fourth-order valence-electron chi connectivity index (χ4n) is 1.64. The smallest absolute Gasteiger partial charge is 0.248 e. The highest BCUT2D eigenvalue weighted by molar-refractivity contribution is 5.92. The van der Waals surface area contributed by atoms with Gasteiger partial charge in [-0.1, -0.05) is 26.0 Å². The molecule has 0 radical (unpaired) electrons. The van der Waals surface area contributed by atoms with E-state index in [-0.39, 0.29) is 36.7 Å². The molecule has 128 valence electrons. The number of benzene rings is 1. The van der Waals surface area contributed by atoms with Crippen LogP contribution >= 0.6 is 12.4 Å². The zero-order valence-electron chi connectivity index (χ0n) is 13.2. The highest BCUT2D eigenvalue weighted by Gasteiger charge is 2.17. The van der Waals surface area contributed by atoms with Crippen LogP contribution in [0.25, 0.3) is 0 Å². The lowest BCUT2D eigenvalue weighted by Gasteiger charge is -2.15. The molecule has 8 heteroatoms. The largest absolute Gasteiger partial charge is 0.366 e. The number of nitrogens with one attached hydrogen (secondary N) is 2. The van der Waals surface area contributed by atoms with Crippen molar-refractivity contribution in [3.05, 3.63) is 35.4 Å². The van der Waals surface area contributed by atoms with Gasteiger partial charge in [0.15, 0.2) is 0 Å². The standard InChI is InChI=1S/C15H22N4O3.ClH/c1-9(2)13(16)15(22)19-8-12(20)18-7-10-3-5-11(6-4-10)14(17)21;/h3-6,9,13H,7-8,16H2,1-2H3,(H2,17,21)(H,18,20)(H,19,22);1H/t13-;/m0./s1. The molecule has 6 N–H and O–H groups in total. The molecule has 0 unspecified atom stereocenters. The molecule has 1 atom stereocenters. The number of hydrogen-bond acceptors (Lipinski definition) is 4. The molecule has 0 heterocycles. The number of primary amides is 1. The average molecular weight is 343 g/mol. The Morgan fingerprint density at radius 1 is 1.09 bits per heavy atom. The van der Waals surface area contributed by atoms with E-state index >= 15 is 0 Å². The zero-order valence-corrected chi connectivity index (χ0v) is 14.0. The molecule has 0 saturated carbocycles. The second-order valence-electron chi connectivity index (χ2n) is 5.33. The van der Waals surface area contributed by atoms with E-state index in [0.29, 0.717) is 12.1 Å². The van der Waals surface area contributed by atoms with Crippen LogP contribution in [-0.2, 0) is 16.1 Å². The van der Waals surface area contributed by atoms with Crippen LogP contribution in [0.2, 0.25) is 0 Å². The Morgan fingerprint density at radius 2 is 1.65 bits per heavy atom. The monoisotopic (exact) mass is 342 g/mol. The predicted molar refractivity (Wildman–Crippen MR) is 89.9 cm³/mol. The summed E-state index contributed by atoms with van der Waals surface area (Å²) < 4.78 is 0. The van der Waals surface area contributed by atoms with Crippen molar-refractivity contribution in [1.29, 1.82) is 0 Å². The SMILES string of the molecule is CC(C)[C@H](N)C(=O)NCC(=O)NCc1ccc(C(N)=O)cc1.Cl. The quantitative estimate of drug-likeness (QED) is 0.552. The minimum absolute atomic E-state index is 0. The molecule has 0 bridgehead atoms. The van der Waals surface area contributed by atoms with E-state index in [1.807, 2.05) is 13.8 Å². The highest BCUT2D eigenvalue weighted by atomic mass is 35.5. The average Bonchev–Trinajstić information content (AvgIpc) is 2.49. The Kier molecular flexibility index (Phi) is 8.90. The minimum Gasteiger partial charge on any atom is -0.366 e. The van der Waals surface area contributed by atoms with Gasteiger partial charge in [-0.05, 0) is 23.6 Å². The van der Waals surface area contributed by atoms with E-state index in [9.17, 15) is 14.4 Å². The predicted octanol–water partition coefficient (Wildman–Crippen LogP) is -0.0770. The number of nitrogens with two attached hydrogens (primary N) is 2. The van der Waals surface area contributed by atoms with Crippen LogP contribution in [0, 0.1) is 5.92 Å². The van der Waals surface area contributed by atoms with Crippen LogP contribution < -0.4 is 22.1 Å². The van der Waals surface area contributed by atoms with Crippen LogP contribution in [0.3, 0.4) is 0 Å². The summed E-state index contributed by atoms with van der Waals surface area (Å²) in [5.41, 5.74) is 12.0. The molecule has 0 aliphatic heterocycles. The topological polar surface area (TPSA) is 127 Å². The van der Waals surface area contributed by atoms with Crippen LogP contribution in [-0.4, -0.2) is 30.3 Å². The molecule has 0 saturated heterocycles. The molecule has 7 nitrogen and oxygen atoms in total. The lowest BCUT2D eigenvalue weighted by molar-refractivity contribution is -0.127. The first kappa shape index (κ1) is 20.9. The zero-order chi connectivity index (χ0) is 16.7. The Labute approximate surface area is 141 Å². The Hall–Kier alpha value is -2.12. The van der Waals surface area contributed by atoms with Gasteiger partial charge in [0.1, 0.15) is 0 Å². The van der Waals surface area contributed by atoms with Crippen LogP contribution in [0.15, 0.2) is 24.3 Å². The second kappa shape index (κ2) is 9.81. The first-order valence-electron chi connectivity index (χ1n) is 7.00. The number of amides is 3. The first-order valence-corrected chi connectivity index (χ1v) is 7.00. The van der Waals surface area contributed by atoms with E-state index in [4.69, 9.17) is 11.5 Å². The summed E-state index contributed by atoms with van der Waals surface area (Å²) in [5, 5.41) is 5.15. The van der Waals surface area contributed by atoms with Gasteiger partial charge in [0.2, 0.25) is 17.7 Å². The van der Waals surface area contributed by atoms with E-state index in [0.717, 1.165) is 5.56 Å². The molecule has 1 aromatic rings. The fourth-order valence-corrected chi connectivity index (χ4v) is 1.64. The van der Waals surface area contributed by atoms with Crippen molar-refractivity contribution in [2.75, 3.05) is 6.54 Å². The summed E-state index contributed by atoms with van der Waals surface area (Å²) in [6.07, 6.45) is 0. The Bertz CT molecular complexity index is 546. The first-order chi connectivity index (χ1) is 10.3. The molecule has 23 heavy (non-hydrogen) atoms. The van der Waals surface area contributed by atoms with Gasteiger partial charge in [-0.2, -0.15) is 0 Å². The third-order valence-electron chi connectivity index (χ3n) is 3.17. The maximum absolute atomic E-state index is 11.6. The summed E-state index contributed by atoms with van der Waals surface area (Å²) in [5.74, 6) is -1.16. The lowest BCUT2D eigenvalue weighted by Crippen LogP contribution is -2.47. The summed E-state index contributed by atoms with van der Waals surface area (Å²) in [6.45, 7) is 3.84. The van der Waals surface area contributed by atoms with E-state index in [1.165, 1.54) is 0 Å². The van der Waals surface area contributed by atoms with Crippen molar-refractivity contribution in [1.82, 2.24) is 10.6 Å². The molecular weight excluding hydrogens is 320 g/mol. The van der Waals surface area contributed by atoms with Gasteiger partial charge in [0.25, 0.3) is 0 Å². The molecule has 3 amide bonds. The minimum atomic E-state index is -0.630. The lowest BCUT2D eigenvalue weighted by atomic mass is 10.1. The summed E-state index contributed by atoms with van der Waals surface area (Å²) in [6, 6.07) is 5.95. The van der Waals surface area contributed by atoms with Gasteiger partial charge in [-0.15, -0.1) is 12.4 Å². The van der Waals surface area contributed by atoms with Crippen LogP contribution in [0.4, 0.5) is 0 Å². The highest BCUT2D eigenvalue weighted by Crippen LogP contribution is 2.03. The maximum Gasteiger partial charge on any atom is 0.248 e. The van der Waals surface area contributed by atoms with E-state index in [2.05, 4.69) is 10.6 Å². The summed E-state index contributed by atoms with van der Waals surface area (Å²) >= 11 is 0. The van der Waals surface area contributed by atoms with Gasteiger partial charge in [-0.3, -0.25) is 14.4 Å². The molecule has 1 rings (SSSR count). The van der Waals surface area contributed by atoms with Crippen molar-refractivity contribution in [3.8, 4) is 0 Å². The molecule has 0 aliphatic rings. The van der Waals surface area contributed by atoms with Gasteiger partial charge in [-0.25, -0.2) is 0 Å². The number of halogens is 1. The molecule has 1 aromatic carbocycles. The molecule has 0 aliphatic carbocycles. The number of rotatable bonds is 7. The Balaban J connectivity index is 0.00000484. The van der Waals surface area contributed by atoms with Crippen molar-refractivity contribution in [3.63, 3.8) is 0 Å². The van der Waals surface area contributed by atoms with Gasteiger partial charge in [0, 0.05) is 12.1 Å². The van der Waals surface area contributed by atoms with E-state index < -0.39 is 11.9 Å². The van der Waals surface area contributed by atoms with E-state index in [1.54, 1.807) is 24.3 Å². The van der Waals surface area contributed by atoms with Crippen molar-refractivity contribution >= 4 is 30.1 Å². The Morgan fingerprint density at radius 3 is 2.13 bits per heavy atom. The van der Waals surface area contributed by atoms with Crippen molar-refractivity contribution < 1.29 is 14.4 Å². The number of hydrogen-bond donors (Lipinski definition) is 4. The molecular formula is C15H23ClN4O3. The van der Waals surface area contributed by atoms with Gasteiger partial charge < -0.3 is 22.1 Å². The van der Waals surface area contributed by atoms with Gasteiger partial charge in [0.05, 0.1) is 12.6 Å². The molecule has 0 fully saturated rings. The number of carbonyl (C=O) groups is 3. The van der Waals surface area contributed by atoms with Crippen molar-refractivity contribution in [2.45, 2.75) is 26.4 Å². The fraction of sp³-hybridized carbons (Fsp3) is 0.400. The molecule has 0 spiro atoms. The summed E-state index contributed by atoms with van der Waals surface area (Å²) in [4.78, 5) is 34.2. The molecule has 0 aromatic heterocycles. The maximum atomic E-state index is 11.6.